The fraction of sp³-hybridized carbons (Fsp3) is 0.625. The summed E-state index contributed by atoms with van der Waals surface area (Å²) in [5.41, 5.74) is 2.76. The van der Waals surface area contributed by atoms with Crippen molar-refractivity contribution in [2.75, 3.05) is 27.2 Å². The molecular formula is C16H25BrN2. The lowest BCUT2D eigenvalue weighted by Gasteiger charge is -2.33. The van der Waals surface area contributed by atoms with Crippen LogP contribution < -0.4 is 5.32 Å². The van der Waals surface area contributed by atoms with E-state index in [1.165, 1.54) is 41.4 Å². The zero-order valence-corrected chi connectivity index (χ0v) is 13.8. The van der Waals surface area contributed by atoms with Crippen LogP contribution in [0.1, 0.15) is 36.4 Å². The van der Waals surface area contributed by atoms with Crippen LogP contribution in [0.4, 0.5) is 0 Å². The largest absolute Gasteiger partial charge is 0.319 e. The second-order valence-corrected chi connectivity index (χ2v) is 6.60. The molecule has 2 atom stereocenters. The number of aryl methyl sites for hydroxylation is 1. The second kappa shape index (κ2) is 6.87. The van der Waals surface area contributed by atoms with Gasteiger partial charge in [-0.3, -0.25) is 4.90 Å². The van der Waals surface area contributed by atoms with Crippen molar-refractivity contribution in [3.63, 3.8) is 0 Å². The first-order valence-corrected chi connectivity index (χ1v) is 8.03. The fourth-order valence-electron chi connectivity index (χ4n) is 3.22. The van der Waals surface area contributed by atoms with Gasteiger partial charge in [0.2, 0.25) is 0 Å². The van der Waals surface area contributed by atoms with Gasteiger partial charge in [-0.05, 0) is 70.1 Å². The van der Waals surface area contributed by atoms with E-state index < -0.39 is 0 Å². The van der Waals surface area contributed by atoms with E-state index in [-0.39, 0.29) is 0 Å². The summed E-state index contributed by atoms with van der Waals surface area (Å²) in [6.07, 6.45) is 3.99. The Morgan fingerprint density at radius 1 is 1.37 bits per heavy atom. The third-order valence-electron chi connectivity index (χ3n) is 4.26. The lowest BCUT2D eigenvalue weighted by Crippen LogP contribution is -2.34. The zero-order chi connectivity index (χ0) is 13.8. The molecule has 0 aliphatic carbocycles. The molecule has 2 unspecified atom stereocenters. The molecule has 1 aliphatic heterocycles. The molecule has 0 spiro atoms. The Morgan fingerprint density at radius 2 is 2.16 bits per heavy atom. The van der Waals surface area contributed by atoms with Crippen LogP contribution in [-0.4, -0.2) is 32.1 Å². The predicted molar refractivity (Wildman–Crippen MR) is 85.5 cm³/mol. The Hall–Kier alpha value is -0.380. The van der Waals surface area contributed by atoms with E-state index in [1.807, 2.05) is 0 Å². The van der Waals surface area contributed by atoms with Crippen molar-refractivity contribution in [3.05, 3.63) is 33.8 Å². The highest BCUT2D eigenvalue weighted by atomic mass is 79.9. The molecule has 1 saturated heterocycles. The van der Waals surface area contributed by atoms with Gasteiger partial charge in [0.15, 0.2) is 0 Å². The van der Waals surface area contributed by atoms with Crippen LogP contribution >= 0.6 is 15.9 Å². The van der Waals surface area contributed by atoms with Gasteiger partial charge in [-0.1, -0.05) is 34.5 Å². The molecule has 0 saturated carbocycles. The van der Waals surface area contributed by atoms with Gasteiger partial charge in [0, 0.05) is 10.5 Å². The molecule has 1 aliphatic rings. The van der Waals surface area contributed by atoms with Crippen molar-refractivity contribution in [2.24, 2.45) is 5.92 Å². The monoisotopic (exact) mass is 324 g/mol. The molecule has 3 heteroatoms. The molecule has 1 aromatic rings. The van der Waals surface area contributed by atoms with Gasteiger partial charge in [-0.25, -0.2) is 0 Å². The number of hydrogen-bond donors (Lipinski definition) is 1. The van der Waals surface area contributed by atoms with E-state index in [0.29, 0.717) is 12.0 Å². The standard InChI is InChI=1S/C16H25BrN2/c1-12-7-8-13(10-15(12)17)16-14(11-18-2)6-4-5-9-19(16)3/h7-8,10,14,16,18H,4-6,9,11H2,1-3H3. The first-order chi connectivity index (χ1) is 9.13. The Bertz CT molecular complexity index is 419. The van der Waals surface area contributed by atoms with Gasteiger partial charge < -0.3 is 5.32 Å². The number of nitrogens with zero attached hydrogens (tertiary/aromatic N) is 1. The van der Waals surface area contributed by atoms with Crippen LogP contribution in [0.3, 0.4) is 0 Å². The van der Waals surface area contributed by atoms with Crippen LogP contribution in [0.25, 0.3) is 0 Å². The van der Waals surface area contributed by atoms with Crippen LogP contribution in [0.15, 0.2) is 22.7 Å². The first kappa shape index (κ1) is 15.0. The van der Waals surface area contributed by atoms with Crippen molar-refractivity contribution in [1.29, 1.82) is 0 Å². The summed E-state index contributed by atoms with van der Waals surface area (Å²) in [5.74, 6) is 0.701. The molecule has 0 aromatic heterocycles. The summed E-state index contributed by atoms with van der Waals surface area (Å²) < 4.78 is 1.23. The topological polar surface area (TPSA) is 15.3 Å². The normalized spacial score (nSPS) is 25.3. The lowest BCUT2D eigenvalue weighted by atomic mass is 9.89. The van der Waals surface area contributed by atoms with Crippen molar-refractivity contribution in [3.8, 4) is 0 Å². The van der Waals surface area contributed by atoms with Gasteiger partial charge in [-0.15, -0.1) is 0 Å². The van der Waals surface area contributed by atoms with Gasteiger partial charge in [0.05, 0.1) is 0 Å². The number of nitrogens with one attached hydrogen (secondary N) is 1. The highest BCUT2D eigenvalue weighted by Gasteiger charge is 2.28. The van der Waals surface area contributed by atoms with Gasteiger partial charge in [0.25, 0.3) is 0 Å². The van der Waals surface area contributed by atoms with Crippen molar-refractivity contribution in [1.82, 2.24) is 10.2 Å². The molecule has 19 heavy (non-hydrogen) atoms. The maximum atomic E-state index is 3.68. The zero-order valence-electron chi connectivity index (χ0n) is 12.2. The number of halogens is 1. The Labute approximate surface area is 125 Å². The molecule has 1 heterocycles. The highest BCUT2D eigenvalue weighted by Crippen LogP contribution is 2.35. The minimum atomic E-state index is 0.534. The van der Waals surface area contributed by atoms with Crippen LogP contribution in [0.2, 0.25) is 0 Å². The smallest absolute Gasteiger partial charge is 0.0385 e. The Morgan fingerprint density at radius 3 is 2.84 bits per heavy atom. The third kappa shape index (κ3) is 3.59. The highest BCUT2D eigenvalue weighted by molar-refractivity contribution is 9.10. The Kier molecular flexibility index (Phi) is 5.43. The average Bonchev–Trinajstić information content (AvgIpc) is 2.56. The van der Waals surface area contributed by atoms with Crippen LogP contribution in [0.5, 0.6) is 0 Å². The molecular weight excluding hydrogens is 300 g/mol. The summed E-state index contributed by atoms with van der Waals surface area (Å²) in [6.45, 7) is 4.45. The molecule has 0 bridgehead atoms. The summed E-state index contributed by atoms with van der Waals surface area (Å²) in [4.78, 5) is 2.53. The summed E-state index contributed by atoms with van der Waals surface area (Å²) in [6, 6.07) is 7.38. The van der Waals surface area contributed by atoms with E-state index in [1.54, 1.807) is 0 Å². The average molecular weight is 325 g/mol. The molecule has 1 fully saturated rings. The minimum absolute atomic E-state index is 0.534. The molecule has 106 valence electrons. The first-order valence-electron chi connectivity index (χ1n) is 7.24. The molecule has 1 N–H and O–H groups in total. The molecule has 0 radical (unpaired) electrons. The van der Waals surface area contributed by atoms with Crippen LogP contribution in [-0.2, 0) is 0 Å². The quantitative estimate of drug-likeness (QED) is 0.910. The van der Waals surface area contributed by atoms with Crippen molar-refractivity contribution >= 4 is 15.9 Å². The van der Waals surface area contributed by atoms with E-state index in [9.17, 15) is 0 Å². The van der Waals surface area contributed by atoms with Gasteiger partial charge in [0.1, 0.15) is 0 Å². The van der Waals surface area contributed by atoms with E-state index in [4.69, 9.17) is 0 Å². The molecule has 2 rings (SSSR count). The fourth-order valence-corrected chi connectivity index (χ4v) is 3.62. The van der Waals surface area contributed by atoms with Gasteiger partial charge in [-0.2, -0.15) is 0 Å². The number of rotatable bonds is 3. The molecule has 1 aromatic carbocycles. The van der Waals surface area contributed by atoms with E-state index in [2.05, 4.69) is 65.4 Å². The second-order valence-electron chi connectivity index (χ2n) is 5.75. The summed E-state index contributed by atoms with van der Waals surface area (Å²) >= 11 is 3.68. The maximum absolute atomic E-state index is 3.68. The minimum Gasteiger partial charge on any atom is -0.319 e. The molecule has 0 amide bonds. The van der Waals surface area contributed by atoms with Crippen LogP contribution in [0, 0.1) is 12.8 Å². The number of benzene rings is 1. The maximum Gasteiger partial charge on any atom is 0.0385 e. The number of likely N-dealkylation sites (tertiary alicyclic amines) is 1. The summed E-state index contributed by atoms with van der Waals surface area (Å²) in [5, 5.41) is 3.37. The SMILES string of the molecule is CNCC1CCCCN(C)C1c1ccc(C)c(Br)c1. The van der Waals surface area contributed by atoms with E-state index >= 15 is 0 Å². The Balaban J connectivity index is 2.31. The lowest BCUT2D eigenvalue weighted by molar-refractivity contribution is 0.191. The number of hydrogen-bond acceptors (Lipinski definition) is 2. The van der Waals surface area contributed by atoms with Crippen molar-refractivity contribution in [2.45, 2.75) is 32.2 Å². The predicted octanol–water partition coefficient (Wildman–Crippen LogP) is 3.75. The van der Waals surface area contributed by atoms with Gasteiger partial charge >= 0.3 is 0 Å². The molecule has 2 nitrogen and oxygen atoms in total. The van der Waals surface area contributed by atoms with Crippen molar-refractivity contribution < 1.29 is 0 Å². The summed E-state index contributed by atoms with van der Waals surface area (Å²) in [7, 11) is 4.33. The third-order valence-corrected chi connectivity index (χ3v) is 5.12. The van der Waals surface area contributed by atoms with E-state index in [0.717, 1.165) is 6.54 Å².